The molecule has 0 fully saturated rings. The Kier molecular flexibility index (Phi) is 6.10. The second kappa shape index (κ2) is 8.94. The summed E-state index contributed by atoms with van der Waals surface area (Å²) in [7, 11) is 0. The maximum absolute atomic E-state index is 13.4. The van der Waals surface area contributed by atoms with Crippen LogP contribution in [0.2, 0.25) is 0 Å². The summed E-state index contributed by atoms with van der Waals surface area (Å²) in [4.78, 5) is 16.7. The van der Waals surface area contributed by atoms with Gasteiger partial charge < -0.3 is 5.32 Å². The summed E-state index contributed by atoms with van der Waals surface area (Å²) in [6, 6.07) is 11.5. The molecule has 0 saturated carbocycles. The number of hydrogen-bond donors (Lipinski definition) is 1. The first kappa shape index (κ1) is 21.1. The number of anilines is 1. The minimum absolute atomic E-state index is 0.115. The molecule has 0 spiro atoms. The molecule has 0 atom stereocenters. The van der Waals surface area contributed by atoms with Crippen molar-refractivity contribution in [1.82, 2.24) is 19.7 Å². The van der Waals surface area contributed by atoms with Crippen molar-refractivity contribution in [2.45, 2.75) is 19.0 Å². The molecule has 1 N–H and O–H groups in total. The van der Waals surface area contributed by atoms with Crippen LogP contribution in [0.5, 0.6) is 0 Å². The molecule has 0 bridgehead atoms. The van der Waals surface area contributed by atoms with E-state index in [0.29, 0.717) is 21.5 Å². The fraction of sp³-hybridized carbons (Fsp3) is 0.143. The van der Waals surface area contributed by atoms with Gasteiger partial charge in [-0.05, 0) is 44.2 Å². The van der Waals surface area contributed by atoms with Gasteiger partial charge in [-0.15, -0.1) is 21.5 Å². The van der Waals surface area contributed by atoms with Crippen molar-refractivity contribution in [3.8, 4) is 16.9 Å². The van der Waals surface area contributed by atoms with Crippen molar-refractivity contribution < 1.29 is 13.6 Å². The second-order valence-electron chi connectivity index (χ2n) is 6.70. The van der Waals surface area contributed by atoms with Gasteiger partial charge in [0.1, 0.15) is 5.82 Å². The number of amides is 1. The van der Waals surface area contributed by atoms with E-state index in [1.807, 2.05) is 42.7 Å². The van der Waals surface area contributed by atoms with Gasteiger partial charge in [0.05, 0.1) is 11.4 Å². The van der Waals surface area contributed by atoms with Crippen LogP contribution in [0.25, 0.3) is 16.9 Å². The zero-order valence-corrected chi connectivity index (χ0v) is 18.2. The van der Waals surface area contributed by atoms with Gasteiger partial charge in [0.2, 0.25) is 5.91 Å². The van der Waals surface area contributed by atoms with Crippen LogP contribution in [-0.4, -0.2) is 31.4 Å². The highest BCUT2D eigenvalue weighted by molar-refractivity contribution is 7.99. The van der Waals surface area contributed by atoms with Gasteiger partial charge in [-0.2, -0.15) is 0 Å². The second-order valence-corrected chi connectivity index (χ2v) is 8.50. The van der Waals surface area contributed by atoms with Crippen molar-refractivity contribution in [2.24, 2.45) is 0 Å². The van der Waals surface area contributed by atoms with E-state index in [4.69, 9.17) is 0 Å². The van der Waals surface area contributed by atoms with Crippen LogP contribution in [-0.2, 0) is 4.79 Å². The quantitative estimate of drug-likeness (QED) is 0.412. The maximum atomic E-state index is 13.4. The molecule has 2 aromatic heterocycles. The fourth-order valence-electron chi connectivity index (χ4n) is 2.83. The summed E-state index contributed by atoms with van der Waals surface area (Å²) in [6.45, 7) is 3.87. The fourth-order valence-corrected chi connectivity index (χ4v) is 4.37. The van der Waals surface area contributed by atoms with Gasteiger partial charge in [-0.3, -0.25) is 9.36 Å². The van der Waals surface area contributed by atoms with Gasteiger partial charge in [0.15, 0.2) is 21.9 Å². The Morgan fingerprint density at radius 1 is 1.10 bits per heavy atom. The monoisotopic (exact) mass is 457 g/mol. The van der Waals surface area contributed by atoms with Crippen LogP contribution in [0.4, 0.5) is 13.9 Å². The van der Waals surface area contributed by atoms with Crippen molar-refractivity contribution in [1.29, 1.82) is 0 Å². The molecule has 0 aliphatic carbocycles. The molecular formula is C21H17F2N5OS2. The van der Waals surface area contributed by atoms with E-state index in [2.05, 4.69) is 20.5 Å². The smallest absolute Gasteiger partial charge is 0.236 e. The highest BCUT2D eigenvalue weighted by Gasteiger charge is 2.15. The lowest BCUT2D eigenvalue weighted by Crippen LogP contribution is -2.14. The minimum atomic E-state index is -0.944. The number of hydrogen-bond acceptors (Lipinski definition) is 6. The maximum Gasteiger partial charge on any atom is 0.236 e. The van der Waals surface area contributed by atoms with E-state index >= 15 is 0 Å². The van der Waals surface area contributed by atoms with E-state index in [1.54, 1.807) is 5.38 Å². The Hall–Kier alpha value is -3.11. The van der Waals surface area contributed by atoms with Gasteiger partial charge in [0, 0.05) is 16.6 Å². The molecule has 1 amide bonds. The van der Waals surface area contributed by atoms with Crippen molar-refractivity contribution >= 4 is 34.1 Å². The number of carbonyl (C=O) groups is 1. The molecule has 0 aliphatic heterocycles. The summed E-state index contributed by atoms with van der Waals surface area (Å²) in [5.41, 5.74) is 2.97. The van der Waals surface area contributed by atoms with E-state index in [1.165, 1.54) is 29.2 Å². The third kappa shape index (κ3) is 4.80. The Morgan fingerprint density at radius 2 is 1.87 bits per heavy atom. The van der Waals surface area contributed by atoms with Crippen LogP contribution in [0, 0.1) is 25.5 Å². The van der Waals surface area contributed by atoms with E-state index < -0.39 is 11.6 Å². The highest BCUT2D eigenvalue weighted by Crippen LogP contribution is 2.27. The molecular weight excluding hydrogens is 440 g/mol. The first-order valence-corrected chi connectivity index (χ1v) is 11.1. The van der Waals surface area contributed by atoms with Crippen LogP contribution in [0.3, 0.4) is 0 Å². The molecule has 0 saturated heterocycles. The zero-order chi connectivity index (χ0) is 22.0. The Bertz CT molecular complexity index is 1240. The molecule has 31 heavy (non-hydrogen) atoms. The number of thioether (sulfide) groups is 1. The molecule has 0 aliphatic rings. The largest absolute Gasteiger partial charge is 0.301 e. The number of nitrogens with zero attached hydrogens (tertiary/aromatic N) is 4. The lowest BCUT2D eigenvalue weighted by atomic mass is 10.2. The Balaban J connectivity index is 1.41. The van der Waals surface area contributed by atoms with Crippen molar-refractivity contribution in [3.63, 3.8) is 0 Å². The molecule has 2 heterocycles. The average Bonchev–Trinajstić information content (AvgIpc) is 3.36. The van der Waals surface area contributed by atoms with E-state index in [9.17, 15) is 13.6 Å². The number of thiazole rings is 1. The van der Waals surface area contributed by atoms with Crippen LogP contribution < -0.4 is 5.32 Å². The third-order valence-corrected chi connectivity index (χ3v) is 6.07. The Labute approximate surface area is 185 Å². The summed E-state index contributed by atoms with van der Waals surface area (Å²) in [5.74, 6) is -1.28. The number of rotatable bonds is 6. The number of carbonyl (C=O) groups excluding carboxylic acids is 1. The van der Waals surface area contributed by atoms with Gasteiger partial charge in [0.25, 0.3) is 0 Å². The lowest BCUT2D eigenvalue weighted by molar-refractivity contribution is -0.113. The van der Waals surface area contributed by atoms with E-state index in [-0.39, 0.29) is 11.7 Å². The highest BCUT2D eigenvalue weighted by atomic mass is 32.2. The first-order valence-electron chi connectivity index (χ1n) is 9.23. The van der Waals surface area contributed by atoms with E-state index in [0.717, 1.165) is 29.2 Å². The number of halogens is 2. The molecule has 0 radical (unpaired) electrons. The molecule has 6 nitrogen and oxygen atoms in total. The number of benzene rings is 2. The molecule has 4 rings (SSSR count). The third-order valence-electron chi connectivity index (χ3n) is 4.39. The topological polar surface area (TPSA) is 72.7 Å². The molecule has 0 unspecified atom stereocenters. The van der Waals surface area contributed by atoms with Crippen LogP contribution >= 0.6 is 23.1 Å². The summed E-state index contributed by atoms with van der Waals surface area (Å²) >= 11 is 2.47. The van der Waals surface area contributed by atoms with Crippen molar-refractivity contribution in [3.05, 3.63) is 70.9 Å². The molecule has 10 heteroatoms. The van der Waals surface area contributed by atoms with Crippen LogP contribution in [0.15, 0.2) is 53.0 Å². The van der Waals surface area contributed by atoms with Crippen LogP contribution in [0.1, 0.15) is 11.4 Å². The normalized spacial score (nSPS) is 11.0. The van der Waals surface area contributed by atoms with Gasteiger partial charge in [-0.25, -0.2) is 13.8 Å². The SMILES string of the molecule is Cc1ccc(-n2c(C)nnc2SCC(=O)Nc2nc(-c3ccc(F)c(F)c3)cs2)cc1. The predicted molar refractivity (Wildman–Crippen MR) is 118 cm³/mol. The first-order chi connectivity index (χ1) is 14.9. The number of aromatic nitrogens is 4. The zero-order valence-electron chi connectivity index (χ0n) is 16.6. The lowest BCUT2D eigenvalue weighted by Gasteiger charge is -2.08. The summed E-state index contributed by atoms with van der Waals surface area (Å²) in [5, 5.41) is 13.7. The predicted octanol–water partition coefficient (Wildman–Crippen LogP) is 5.02. The summed E-state index contributed by atoms with van der Waals surface area (Å²) in [6.07, 6.45) is 0. The average molecular weight is 458 g/mol. The molecule has 158 valence electrons. The standard InChI is InChI=1S/C21H17F2N5OS2/c1-12-3-6-15(7-4-12)28-13(2)26-27-21(28)31-11-19(29)25-20-24-18(10-30-20)14-5-8-16(22)17(23)9-14/h3-10H,11H2,1-2H3,(H,24,25,29). The number of aryl methyl sites for hydroxylation is 2. The minimum Gasteiger partial charge on any atom is -0.301 e. The number of nitrogens with one attached hydrogen (secondary N) is 1. The molecule has 4 aromatic rings. The van der Waals surface area contributed by atoms with Gasteiger partial charge in [-0.1, -0.05) is 29.5 Å². The summed E-state index contributed by atoms with van der Waals surface area (Å²) < 4.78 is 28.4. The Morgan fingerprint density at radius 3 is 2.61 bits per heavy atom. The molecule has 2 aromatic carbocycles. The van der Waals surface area contributed by atoms with Gasteiger partial charge >= 0.3 is 0 Å². The van der Waals surface area contributed by atoms with Crippen molar-refractivity contribution in [2.75, 3.05) is 11.1 Å².